The highest BCUT2D eigenvalue weighted by Gasteiger charge is 2.14. The van der Waals surface area contributed by atoms with E-state index in [1.54, 1.807) is 43.5 Å². The number of thiazole rings is 1. The molecule has 0 aliphatic heterocycles. The van der Waals surface area contributed by atoms with Crippen LogP contribution in [0.4, 0.5) is 5.13 Å². The van der Waals surface area contributed by atoms with Crippen molar-refractivity contribution < 1.29 is 9.84 Å². The molecule has 146 valence electrons. The topological polar surface area (TPSA) is 110 Å². The maximum atomic E-state index is 12.2. The first-order valence-electron chi connectivity index (χ1n) is 8.29. The van der Waals surface area contributed by atoms with Crippen LogP contribution in [0, 0.1) is 0 Å². The van der Waals surface area contributed by atoms with Crippen LogP contribution in [0.2, 0.25) is 5.02 Å². The molecule has 4 aromatic rings. The summed E-state index contributed by atoms with van der Waals surface area (Å²) in [6, 6.07) is 11.6. The van der Waals surface area contributed by atoms with Crippen molar-refractivity contribution in [1.29, 1.82) is 0 Å². The van der Waals surface area contributed by atoms with Crippen molar-refractivity contribution in [3.05, 3.63) is 73.9 Å². The molecule has 29 heavy (non-hydrogen) atoms. The molecule has 2 aromatic heterocycles. The molecule has 0 saturated heterocycles. The summed E-state index contributed by atoms with van der Waals surface area (Å²) in [5.74, 6) is 0.161. The Hall–Kier alpha value is -3.43. The van der Waals surface area contributed by atoms with Crippen molar-refractivity contribution in [2.75, 3.05) is 7.11 Å². The zero-order valence-corrected chi connectivity index (χ0v) is 16.5. The van der Waals surface area contributed by atoms with Crippen molar-refractivity contribution in [3.63, 3.8) is 0 Å². The summed E-state index contributed by atoms with van der Waals surface area (Å²) in [5, 5.41) is 11.4. The number of hydrogen-bond acceptors (Lipinski definition) is 7. The standard InChI is InChI=1S/C19H13ClN4O4S/c1-28-12-6-7-14-15(8-12)29-18(22-14)21-9-13-16(25)23-19(27)24(17(13)26)11-4-2-10(20)3-5-11/h2-9,26H,1H3,(H,23,25,27)/b21-9+. The number of nitrogens with one attached hydrogen (secondary N) is 1. The number of nitrogens with zero attached hydrogens (tertiary/aromatic N) is 3. The smallest absolute Gasteiger partial charge is 0.335 e. The highest BCUT2D eigenvalue weighted by atomic mass is 35.5. The van der Waals surface area contributed by atoms with Crippen LogP contribution in [0.25, 0.3) is 15.9 Å². The third-order valence-electron chi connectivity index (χ3n) is 4.09. The van der Waals surface area contributed by atoms with Crippen molar-refractivity contribution in [2.45, 2.75) is 0 Å². The molecule has 2 aromatic carbocycles. The Kier molecular flexibility index (Phi) is 4.91. The Morgan fingerprint density at radius 3 is 2.72 bits per heavy atom. The van der Waals surface area contributed by atoms with E-state index >= 15 is 0 Å². The van der Waals surface area contributed by atoms with Gasteiger partial charge in [-0.2, -0.15) is 0 Å². The van der Waals surface area contributed by atoms with Crippen LogP contribution >= 0.6 is 22.9 Å². The lowest BCUT2D eigenvalue weighted by Gasteiger charge is -2.09. The first-order chi connectivity index (χ1) is 14.0. The lowest BCUT2D eigenvalue weighted by Crippen LogP contribution is -2.31. The van der Waals surface area contributed by atoms with Crippen LogP contribution in [-0.4, -0.2) is 33.0 Å². The van der Waals surface area contributed by atoms with Crippen molar-refractivity contribution in [3.8, 4) is 17.3 Å². The number of hydrogen-bond donors (Lipinski definition) is 2. The Bertz CT molecular complexity index is 1360. The minimum atomic E-state index is -0.779. The van der Waals surface area contributed by atoms with Crippen LogP contribution in [0.15, 0.2) is 57.0 Å². The Morgan fingerprint density at radius 2 is 2.00 bits per heavy atom. The number of aromatic nitrogens is 3. The number of fused-ring (bicyclic) bond motifs is 1. The summed E-state index contributed by atoms with van der Waals surface area (Å²) in [6.07, 6.45) is 1.18. The molecule has 0 saturated carbocycles. The average Bonchev–Trinajstić information content (AvgIpc) is 3.10. The Balaban J connectivity index is 1.77. The third-order valence-corrected chi connectivity index (χ3v) is 5.27. The number of rotatable bonds is 4. The molecule has 0 amide bonds. The monoisotopic (exact) mass is 428 g/mol. The SMILES string of the molecule is COc1ccc2nc(/N=C/c3c(O)n(-c4ccc(Cl)cc4)c(=O)[nH]c3=O)sc2c1. The summed E-state index contributed by atoms with van der Waals surface area (Å²) in [7, 11) is 1.58. The lowest BCUT2D eigenvalue weighted by molar-refractivity contribution is 0.415. The van der Waals surface area contributed by atoms with E-state index in [9.17, 15) is 14.7 Å². The highest BCUT2D eigenvalue weighted by Crippen LogP contribution is 2.30. The molecule has 0 bridgehead atoms. The molecule has 0 aliphatic rings. The van der Waals surface area contributed by atoms with E-state index in [1.165, 1.54) is 17.6 Å². The largest absolute Gasteiger partial charge is 0.497 e. The van der Waals surface area contributed by atoms with Gasteiger partial charge in [0.25, 0.3) is 5.56 Å². The van der Waals surface area contributed by atoms with Gasteiger partial charge in [-0.3, -0.25) is 9.78 Å². The first-order valence-corrected chi connectivity index (χ1v) is 9.48. The minimum Gasteiger partial charge on any atom is -0.497 e. The number of aromatic hydroxyl groups is 1. The molecule has 0 radical (unpaired) electrons. The normalized spacial score (nSPS) is 11.4. The third kappa shape index (κ3) is 3.65. The van der Waals surface area contributed by atoms with E-state index < -0.39 is 17.1 Å². The molecule has 2 heterocycles. The predicted molar refractivity (Wildman–Crippen MR) is 113 cm³/mol. The summed E-state index contributed by atoms with van der Waals surface area (Å²) in [4.78, 5) is 35.1. The molecule has 8 nitrogen and oxygen atoms in total. The zero-order chi connectivity index (χ0) is 20.5. The van der Waals surface area contributed by atoms with Crippen molar-refractivity contribution >= 4 is 44.5 Å². The summed E-state index contributed by atoms with van der Waals surface area (Å²) in [6.45, 7) is 0. The van der Waals surface area contributed by atoms with Gasteiger partial charge >= 0.3 is 5.69 Å². The fourth-order valence-electron chi connectivity index (χ4n) is 2.68. The number of H-pyrrole nitrogens is 1. The number of aromatic amines is 1. The van der Waals surface area contributed by atoms with Crippen LogP contribution in [-0.2, 0) is 0 Å². The maximum Gasteiger partial charge on any atom is 0.335 e. The highest BCUT2D eigenvalue weighted by molar-refractivity contribution is 7.22. The molecule has 0 aliphatic carbocycles. The van der Waals surface area contributed by atoms with Crippen molar-refractivity contribution in [2.24, 2.45) is 4.99 Å². The summed E-state index contributed by atoms with van der Waals surface area (Å²) in [5.41, 5.74) is -0.637. The van der Waals surface area contributed by atoms with Gasteiger partial charge in [-0.15, -0.1) is 0 Å². The zero-order valence-electron chi connectivity index (χ0n) is 14.9. The van der Waals surface area contributed by atoms with Crippen molar-refractivity contribution in [1.82, 2.24) is 14.5 Å². The maximum absolute atomic E-state index is 12.2. The number of methoxy groups -OCH3 is 1. The fourth-order valence-corrected chi connectivity index (χ4v) is 3.64. The van der Waals surface area contributed by atoms with Gasteiger partial charge in [-0.25, -0.2) is 19.3 Å². The molecular formula is C19H13ClN4O4S. The van der Waals surface area contributed by atoms with Gasteiger partial charge in [-0.05, 0) is 42.5 Å². The van der Waals surface area contributed by atoms with E-state index in [0.29, 0.717) is 21.6 Å². The second kappa shape index (κ2) is 7.53. The average molecular weight is 429 g/mol. The van der Waals surface area contributed by atoms with Crippen LogP contribution < -0.4 is 16.0 Å². The van der Waals surface area contributed by atoms with Gasteiger partial charge in [0.05, 0.1) is 23.0 Å². The first kappa shape index (κ1) is 18.9. The predicted octanol–water partition coefficient (Wildman–Crippen LogP) is 3.25. The number of ether oxygens (including phenoxy) is 1. The molecule has 0 atom stereocenters. The van der Waals surface area contributed by atoms with Gasteiger partial charge < -0.3 is 9.84 Å². The number of aliphatic imine (C=N–C) groups is 1. The van der Waals surface area contributed by atoms with Crippen LogP contribution in [0.1, 0.15) is 5.56 Å². The van der Waals surface area contributed by atoms with E-state index in [2.05, 4.69) is 15.0 Å². The van der Waals surface area contributed by atoms with Gasteiger partial charge in [-0.1, -0.05) is 22.9 Å². The van der Waals surface area contributed by atoms with Gasteiger partial charge in [0, 0.05) is 11.2 Å². The molecule has 0 spiro atoms. The molecule has 2 N–H and O–H groups in total. The van der Waals surface area contributed by atoms with E-state index in [-0.39, 0.29) is 5.56 Å². The van der Waals surface area contributed by atoms with E-state index in [0.717, 1.165) is 14.8 Å². The second-order valence-electron chi connectivity index (χ2n) is 5.90. The number of benzene rings is 2. The summed E-state index contributed by atoms with van der Waals surface area (Å²) < 4.78 is 7.01. The number of halogens is 1. The van der Waals surface area contributed by atoms with Gasteiger partial charge in [0.1, 0.15) is 11.3 Å². The molecule has 10 heteroatoms. The van der Waals surface area contributed by atoms with Gasteiger partial charge in [0.2, 0.25) is 11.0 Å². The molecule has 0 fully saturated rings. The van der Waals surface area contributed by atoms with E-state index in [4.69, 9.17) is 16.3 Å². The van der Waals surface area contributed by atoms with Crippen LogP contribution in [0.3, 0.4) is 0 Å². The summed E-state index contributed by atoms with van der Waals surface area (Å²) >= 11 is 7.16. The van der Waals surface area contributed by atoms with Crippen LogP contribution in [0.5, 0.6) is 11.6 Å². The molecular weight excluding hydrogens is 416 g/mol. The van der Waals surface area contributed by atoms with Gasteiger partial charge in [0.15, 0.2) is 0 Å². The second-order valence-corrected chi connectivity index (χ2v) is 7.34. The lowest BCUT2D eigenvalue weighted by atomic mass is 10.3. The van der Waals surface area contributed by atoms with E-state index in [1.807, 2.05) is 6.07 Å². The Labute approximate surface area is 172 Å². The quantitative estimate of drug-likeness (QED) is 0.485. The molecule has 0 unspecified atom stereocenters. The fraction of sp³-hybridized carbons (Fsp3) is 0.0526. The minimum absolute atomic E-state index is 0.170. The Morgan fingerprint density at radius 1 is 1.24 bits per heavy atom. The molecule has 4 rings (SSSR count).